The Kier molecular flexibility index (Phi) is 8.05. The average molecular weight is 453 g/mol. The second-order valence-electron chi connectivity index (χ2n) is 7.05. The largest absolute Gasteiger partial charge is 0.324 e. The maximum absolute atomic E-state index is 11.7. The zero-order valence-corrected chi connectivity index (χ0v) is 18.2. The normalized spacial score (nSPS) is 11.1. The van der Waals surface area contributed by atoms with Gasteiger partial charge in [0, 0.05) is 12.6 Å². The number of anilines is 3. The molecule has 0 spiro atoms. The zero-order chi connectivity index (χ0) is 23.8. The summed E-state index contributed by atoms with van der Waals surface area (Å²) in [4.78, 5) is 32.7. The molecular formula is C21H23N7O5. The predicted molar refractivity (Wildman–Crippen MR) is 119 cm³/mol. The van der Waals surface area contributed by atoms with E-state index in [2.05, 4.69) is 45.6 Å². The molecule has 0 fully saturated rings. The van der Waals surface area contributed by atoms with Crippen molar-refractivity contribution in [2.45, 2.75) is 34.0 Å². The van der Waals surface area contributed by atoms with E-state index in [1.54, 1.807) is 50.2 Å². The molecule has 4 N–H and O–H groups in total. The summed E-state index contributed by atoms with van der Waals surface area (Å²) in [7, 11) is 0. The summed E-state index contributed by atoms with van der Waals surface area (Å²) < 4.78 is 0. The van der Waals surface area contributed by atoms with Gasteiger partial charge in [-0.3, -0.25) is 15.3 Å². The van der Waals surface area contributed by atoms with E-state index in [4.69, 9.17) is 10.5 Å². The van der Waals surface area contributed by atoms with E-state index in [0.29, 0.717) is 51.5 Å². The quantitative estimate of drug-likeness (QED) is 0.206. The maximum atomic E-state index is 11.7. The number of hydrogen-bond donors (Lipinski definition) is 4. The first-order chi connectivity index (χ1) is 15.9. The van der Waals surface area contributed by atoms with Gasteiger partial charge in [-0.2, -0.15) is 15.1 Å². The fourth-order valence-electron chi connectivity index (χ4n) is 3.02. The van der Waals surface area contributed by atoms with Crippen LogP contribution in [-0.4, -0.2) is 31.4 Å². The van der Waals surface area contributed by atoms with Crippen molar-refractivity contribution in [1.29, 1.82) is 0 Å². The second-order valence-corrected chi connectivity index (χ2v) is 7.05. The Morgan fingerprint density at radius 3 is 2.15 bits per heavy atom. The van der Waals surface area contributed by atoms with Crippen molar-refractivity contribution in [3.63, 3.8) is 0 Å². The Labute approximate surface area is 189 Å². The lowest BCUT2D eigenvalue weighted by atomic mass is 10.1. The van der Waals surface area contributed by atoms with Gasteiger partial charge in [0.25, 0.3) is 0 Å². The van der Waals surface area contributed by atoms with E-state index in [1.165, 1.54) is 6.92 Å². The number of rotatable bonds is 9. The van der Waals surface area contributed by atoms with Crippen LogP contribution in [0.5, 0.6) is 0 Å². The van der Waals surface area contributed by atoms with Gasteiger partial charge in [-0.05, 0) is 55.3 Å². The minimum Gasteiger partial charge on any atom is -0.324 e. The minimum absolute atomic E-state index is 0.0741. The molecule has 12 heteroatoms. The number of amides is 1. The molecule has 0 atom stereocenters. The smallest absolute Gasteiger partial charge is 0.230 e. The molecule has 33 heavy (non-hydrogen) atoms. The minimum atomic E-state index is -0.278. The summed E-state index contributed by atoms with van der Waals surface area (Å²) in [6.07, 6.45) is 0. The highest BCUT2D eigenvalue weighted by Gasteiger charge is 2.09. The summed E-state index contributed by atoms with van der Waals surface area (Å²) in [5.41, 5.74) is 3.10. The van der Waals surface area contributed by atoms with Gasteiger partial charge in [-0.25, -0.2) is 14.8 Å². The van der Waals surface area contributed by atoms with Crippen LogP contribution in [0.25, 0.3) is 0 Å². The molecule has 0 aliphatic carbocycles. The van der Waals surface area contributed by atoms with Gasteiger partial charge in [0.15, 0.2) is 0 Å². The molecule has 1 heterocycles. The van der Waals surface area contributed by atoms with Crippen LogP contribution in [0.1, 0.15) is 29.7 Å². The van der Waals surface area contributed by atoms with Gasteiger partial charge in [0.1, 0.15) is 30.5 Å². The van der Waals surface area contributed by atoms with E-state index in [9.17, 15) is 4.79 Å². The molecule has 172 valence electrons. The predicted octanol–water partition coefficient (Wildman–Crippen LogP) is 4.59. The van der Waals surface area contributed by atoms with Crippen LogP contribution >= 0.6 is 0 Å². The average Bonchev–Trinajstić information content (AvgIpc) is 2.72. The second kappa shape index (κ2) is 11.2. The molecule has 0 radical (unpaired) electrons. The van der Waals surface area contributed by atoms with Crippen molar-refractivity contribution in [3.8, 4) is 0 Å². The molecule has 0 aliphatic heterocycles. The summed E-state index contributed by atoms with van der Waals surface area (Å²) in [6, 6.07) is 10.1. The highest BCUT2D eigenvalue weighted by atomic mass is 17.1. The van der Waals surface area contributed by atoms with Crippen molar-refractivity contribution < 1.29 is 25.1 Å². The van der Waals surface area contributed by atoms with E-state index in [-0.39, 0.29) is 19.1 Å². The van der Waals surface area contributed by atoms with Crippen molar-refractivity contribution in [3.05, 3.63) is 59.2 Å². The number of aromatic nitrogens is 3. The summed E-state index contributed by atoms with van der Waals surface area (Å²) >= 11 is 0. The van der Waals surface area contributed by atoms with Crippen molar-refractivity contribution in [2.24, 2.45) is 10.2 Å². The molecular weight excluding hydrogens is 430 g/mol. The van der Waals surface area contributed by atoms with Crippen LogP contribution in [0, 0.1) is 13.8 Å². The summed E-state index contributed by atoms with van der Waals surface area (Å²) in [5.74, 6) is 1.26. The zero-order valence-electron chi connectivity index (χ0n) is 18.2. The van der Waals surface area contributed by atoms with Crippen LogP contribution in [0.4, 0.5) is 28.7 Å². The standard InChI is InChI=1S/C21H23N7O5/c1-12-22-13(2)24-21(23-12)26-17-4-5-19(20(9-17)25-14(3)29)28-27-18-7-15(10-32-30)6-16(8-18)11-33-31/h4-9,30-31H,10-11H2,1-3H3,(H,25,29)(H,22,23,24,26). The highest BCUT2D eigenvalue weighted by molar-refractivity contribution is 5.93. The number of benzene rings is 2. The molecule has 3 rings (SSSR count). The molecule has 1 aromatic heterocycles. The van der Waals surface area contributed by atoms with Crippen molar-refractivity contribution in [2.75, 3.05) is 10.6 Å². The van der Waals surface area contributed by atoms with E-state index in [1.807, 2.05) is 0 Å². The Bertz CT molecular complexity index is 1130. The number of nitrogens with one attached hydrogen (secondary N) is 2. The fourth-order valence-corrected chi connectivity index (χ4v) is 3.02. The van der Waals surface area contributed by atoms with Crippen LogP contribution in [-0.2, 0) is 27.8 Å². The molecule has 2 aromatic carbocycles. The summed E-state index contributed by atoms with van der Waals surface area (Å²) in [6.45, 7) is 4.78. The van der Waals surface area contributed by atoms with Crippen LogP contribution in [0.2, 0.25) is 0 Å². The number of carbonyl (C=O) groups is 1. The molecule has 3 aromatic rings. The molecule has 0 saturated carbocycles. The molecule has 0 saturated heterocycles. The third-order valence-electron chi connectivity index (χ3n) is 4.20. The number of nitrogens with zero attached hydrogens (tertiary/aromatic N) is 5. The van der Waals surface area contributed by atoms with Crippen LogP contribution in [0.3, 0.4) is 0 Å². The van der Waals surface area contributed by atoms with Crippen molar-refractivity contribution >= 4 is 34.6 Å². The Hall–Kier alpha value is -3.84. The van der Waals surface area contributed by atoms with Crippen LogP contribution in [0.15, 0.2) is 46.6 Å². The Morgan fingerprint density at radius 2 is 1.58 bits per heavy atom. The molecule has 0 bridgehead atoms. The number of hydrogen-bond acceptors (Lipinski definition) is 11. The lowest BCUT2D eigenvalue weighted by Gasteiger charge is -2.10. The van der Waals surface area contributed by atoms with E-state index in [0.717, 1.165) is 0 Å². The SMILES string of the molecule is CC(=O)Nc1cc(Nc2nc(C)nc(C)n2)ccc1N=Nc1cc(COO)cc(COO)c1. The van der Waals surface area contributed by atoms with Gasteiger partial charge >= 0.3 is 0 Å². The van der Waals surface area contributed by atoms with Crippen LogP contribution < -0.4 is 10.6 Å². The summed E-state index contributed by atoms with van der Waals surface area (Å²) in [5, 5.41) is 31.7. The van der Waals surface area contributed by atoms with E-state index >= 15 is 0 Å². The van der Waals surface area contributed by atoms with Gasteiger partial charge in [-0.15, -0.1) is 5.11 Å². The fraction of sp³-hybridized carbons (Fsp3) is 0.238. The molecule has 1 amide bonds. The highest BCUT2D eigenvalue weighted by Crippen LogP contribution is 2.31. The lowest BCUT2D eigenvalue weighted by Crippen LogP contribution is -2.07. The lowest BCUT2D eigenvalue weighted by molar-refractivity contribution is -0.254. The third-order valence-corrected chi connectivity index (χ3v) is 4.20. The maximum Gasteiger partial charge on any atom is 0.230 e. The number of azo groups is 1. The number of aryl methyl sites for hydroxylation is 2. The Morgan fingerprint density at radius 1 is 0.939 bits per heavy atom. The molecule has 0 aliphatic rings. The van der Waals surface area contributed by atoms with Gasteiger partial charge < -0.3 is 10.6 Å². The monoisotopic (exact) mass is 453 g/mol. The van der Waals surface area contributed by atoms with Crippen molar-refractivity contribution in [1.82, 2.24) is 15.0 Å². The molecule has 0 unspecified atom stereocenters. The number of carbonyl (C=O) groups excluding carboxylic acids is 1. The first-order valence-corrected chi connectivity index (χ1v) is 9.81. The van der Waals surface area contributed by atoms with Gasteiger partial charge in [-0.1, -0.05) is 6.07 Å². The topological polar surface area (TPSA) is 163 Å². The van der Waals surface area contributed by atoms with E-state index < -0.39 is 0 Å². The third kappa shape index (κ3) is 7.08. The molecule has 12 nitrogen and oxygen atoms in total. The van der Waals surface area contributed by atoms with Gasteiger partial charge in [0.05, 0.1) is 11.4 Å². The van der Waals surface area contributed by atoms with Gasteiger partial charge in [0.2, 0.25) is 11.9 Å². The first kappa shape index (κ1) is 23.8. The first-order valence-electron chi connectivity index (χ1n) is 9.81. The Balaban J connectivity index is 1.90.